The fourth-order valence-electron chi connectivity index (χ4n) is 3.28. The molecule has 4 N–H and O–H groups in total. The molecule has 0 aliphatic carbocycles. The highest BCUT2D eigenvalue weighted by Gasteiger charge is 2.09. The van der Waals surface area contributed by atoms with Gasteiger partial charge in [0.1, 0.15) is 0 Å². The van der Waals surface area contributed by atoms with Crippen molar-refractivity contribution < 1.29 is 9.59 Å². The minimum Gasteiger partial charge on any atom is -0.397 e. The number of carbonyl (C=O) groups excluding carboxylic acids is 2. The van der Waals surface area contributed by atoms with E-state index in [4.69, 9.17) is 5.73 Å². The zero-order valence-corrected chi connectivity index (χ0v) is 17.9. The molecule has 0 aliphatic rings. The first kappa shape index (κ1) is 21.8. The highest BCUT2D eigenvalue weighted by Crippen LogP contribution is 2.18. The summed E-state index contributed by atoms with van der Waals surface area (Å²) in [6.07, 6.45) is 5.48. The van der Waals surface area contributed by atoms with Gasteiger partial charge in [-0.3, -0.25) is 19.3 Å². The largest absolute Gasteiger partial charge is 0.397 e. The Hall–Kier alpha value is -4.46. The fourth-order valence-corrected chi connectivity index (χ4v) is 3.28. The molecule has 2 aromatic heterocycles. The van der Waals surface area contributed by atoms with Crippen LogP contribution in [0.5, 0.6) is 0 Å². The molecule has 0 radical (unpaired) electrons. The summed E-state index contributed by atoms with van der Waals surface area (Å²) in [4.78, 5) is 28.8. The van der Waals surface area contributed by atoms with Gasteiger partial charge in [0.25, 0.3) is 5.91 Å². The van der Waals surface area contributed by atoms with E-state index in [1.54, 1.807) is 41.3 Å². The molecule has 2 heterocycles. The van der Waals surface area contributed by atoms with Gasteiger partial charge in [-0.2, -0.15) is 5.10 Å². The zero-order chi connectivity index (χ0) is 23.0. The Balaban J connectivity index is 1.29. The van der Waals surface area contributed by atoms with Gasteiger partial charge in [-0.25, -0.2) is 0 Å². The number of hydrogen-bond donors (Lipinski definition) is 3. The van der Waals surface area contributed by atoms with Crippen LogP contribution in [0.25, 0.3) is 0 Å². The molecule has 0 saturated heterocycles. The molecule has 33 heavy (non-hydrogen) atoms. The number of nitrogens with zero attached hydrogens (tertiary/aromatic N) is 3. The first-order chi connectivity index (χ1) is 16.1. The van der Waals surface area contributed by atoms with E-state index in [0.717, 1.165) is 16.8 Å². The Morgan fingerprint density at radius 1 is 0.939 bits per heavy atom. The Labute approximate surface area is 191 Å². The van der Waals surface area contributed by atoms with Crippen LogP contribution in [0.1, 0.15) is 27.2 Å². The second kappa shape index (κ2) is 10.2. The Kier molecular flexibility index (Phi) is 6.75. The summed E-state index contributed by atoms with van der Waals surface area (Å²) < 4.78 is 1.76. The summed E-state index contributed by atoms with van der Waals surface area (Å²) in [6.45, 7) is 0.924. The normalized spacial score (nSPS) is 10.5. The van der Waals surface area contributed by atoms with E-state index in [1.165, 1.54) is 0 Å². The molecule has 4 aromatic rings. The Morgan fingerprint density at radius 3 is 2.48 bits per heavy atom. The third-order valence-corrected chi connectivity index (χ3v) is 5.01. The number of nitrogen functional groups attached to an aromatic ring is 1. The molecule has 8 heteroatoms. The molecule has 2 aromatic carbocycles. The highest BCUT2D eigenvalue weighted by molar-refractivity contribution is 6.05. The maximum Gasteiger partial charge on any atom is 0.255 e. The zero-order valence-electron chi connectivity index (χ0n) is 17.9. The summed E-state index contributed by atoms with van der Waals surface area (Å²) in [5.74, 6) is -0.313. The first-order valence-electron chi connectivity index (χ1n) is 10.5. The number of nitrogens with two attached hydrogens (primary N) is 1. The van der Waals surface area contributed by atoms with Gasteiger partial charge in [0.05, 0.1) is 42.8 Å². The fraction of sp³-hybridized carbons (Fsp3) is 0.120. The van der Waals surface area contributed by atoms with Crippen LogP contribution in [0.4, 0.5) is 11.4 Å². The summed E-state index contributed by atoms with van der Waals surface area (Å²) in [7, 11) is 0. The van der Waals surface area contributed by atoms with Crippen molar-refractivity contribution in [2.24, 2.45) is 0 Å². The number of hydrogen-bond acceptors (Lipinski definition) is 5. The van der Waals surface area contributed by atoms with E-state index < -0.39 is 0 Å². The lowest BCUT2D eigenvalue weighted by atomic mass is 10.1. The Bertz CT molecular complexity index is 1240. The summed E-state index contributed by atoms with van der Waals surface area (Å²) in [5.41, 5.74) is 10.1. The molecule has 8 nitrogen and oxygen atoms in total. The van der Waals surface area contributed by atoms with Crippen molar-refractivity contribution >= 4 is 23.2 Å². The molecule has 0 bridgehead atoms. The minimum atomic E-state index is -0.224. The molecule has 166 valence electrons. The Morgan fingerprint density at radius 2 is 1.73 bits per heavy atom. The van der Waals surface area contributed by atoms with Crippen LogP contribution in [-0.4, -0.2) is 26.6 Å². The van der Waals surface area contributed by atoms with E-state index in [9.17, 15) is 9.59 Å². The second-order valence-corrected chi connectivity index (χ2v) is 7.56. The van der Waals surface area contributed by atoms with Crippen LogP contribution in [0.3, 0.4) is 0 Å². The van der Waals surface area contributed by atoms with Crippen LogP contribution >= 0.6 is 0 Å². The van der Waals surface area contributed by atoms with Crippen molar-refractivity contribution in [3.63, 3.8) is 0 Å². The van der Waals surface area contributed by atoms with Gasteiger partial charge in [-0.1, -0.05) is 30.3 Å². The molecule has 0 unspecified atom stereocenters. The van der Waals surface area contributed by atoms with Gasteiger partial charge < -0.3 is 16.4 Å². The number of amides is 2. The van der Waals surface area contributed by atoms with Crippen LogP contribution in [0.15, 0.2) is 85.3 Å². The molecule has 0 fully saturated rings. The quantitative estimate of drug-likeness (QED) is 0.364. The molecular formula is C25H24N6O2. The number of aromatic nitrogens is 3. The van der Waals surface area contributed by atoms with Crippen molar-refractivity contribution in [1.82, 2.24) is 20.1 Å². The second-order valence-electron chi connectivity index (χ2n) is 7.56. The number of pyridine rings is 1. The molecule has 0 aliphatic heterocycles. The SMILES string of the molecule is Nc1ccccc1NC(=O)c1ccc(Cn2cc(CC(=O)NCc3ccccn3)cn2)cc1. The third-order valence-electron chi connectivity index (χ3n) is 5.01. The number of nitrogens with one attached hydrogen (secondary N) is 2. The molecule has 0 saturated carbocycles. The lowest BCUT2D eigenvalue weighted by molar-refractivity contribution is -0.120. The smallest absolute Gasteiger partial charge is 0.255 e. The van der Waals surface area contributed by atoms with Crippen molar-refractivity contribution in [2.45, 2.75) is 19.5 Å². The molecule has 0 atom stereocenters. The van der Waals surface area contributed by atoms with E-state index in [1.807, 2.05) is 48.7 Å². The standard InChI is InChI=1S/C25H24N6O2/c26-22-6-1-2-7-23(22)30-25(33)20-10-8-18(9-11-20)16-31-17-19(14-29-31)13-24(32)28-15-21-5-3-4-12-27-21/h1-12,14,17H,13,15-16,26H2,(H,28,32)(H,30,33). The number of carbonyl (C=O) groups is 2. The first-order valence-corrected chi connectivity index (χ1v) is 10.5. The van der Waals surface area contributed by atoms with Gasteiger partial charge in [-0.05, 0) is 47.5 Å². The van der Waals surface area contributed by atoms with Crippen LogP contribution in [-0.2, 0) is 24.3 Å². The average Bonchev–Trinajstić information content (AvgIpc) is 3.27. The average molecular weight is 441 g/mol. The maximum atomic E-state index is 12.5. The van der Waals surface area contributed by atoms with Gasteiger partial charge >= 0.3 is 0 Å². The summed E-state index contributed by atoms with van der Waals surface area (Å²) in [5, 5.41) is 10.0. The van der Waals surface area contributed by atoms with Crippen molar-refractivity contribution in [1.29, 1.82) is 0 Å². The van der Waals surface area contributed by atoms with Crippen LogP contribution in [0, 0.1) is 0 Å². The van der Waals surface area contributed by atoms with Gasteiger partial charge in [0, 0.05) is 18.0 Å². The lowest BCUT2D eigenvalue weighted by Crippen LogP contribution is -2.24. The van der Waals surface area contributed by atoms with E-state index in [2.05, 4.69) is 20.7 Å². The van der Waals surface area contributed by atoms with Gasteiger partial charge in [0.2, 0.25) is 5.91 Å². The van der Waals surface area contributed by atoms with Gasteiger partial charge in [0.15, 0.2) is 0 Å². The maximum absolute atomic E-state index is 12.5. The third kappa shape index (κ3) is 6.04. The number of para-hydroxylation sites is 2. The van der Waals surface area contributed by atoms with Crippen molar-refractivity contribution in [3.8, 4) is 0 Å². The topological polar surface area (TPSA) is 115 Å². The number of anilines is 2. The van der Waals surface area contributed by atoms with E-state index in [-0.39, 0.29) is 18.2 Å². The molecular weight excluding hydrogens is 416 g/mol. The predicted molar refractivity (Wildman–Crippen MR) is 126 cm³/mol. The monoisotopic (exact) mass is 440 g/mol. The predicted octanol–water partition coefficient (Wildman–Crippen LogP) is 3.02. The minimum absolute atomic E-state index is 0.0883. The molecule has 4 rings (SSSR count). The number of benzene rings is 2. The lowest BCUT2D eigenvalue weighted by Gasteiger charge is -2.08. The van der Waals surface area contributed by atoms with Gasteiger partial charge in [-0.15, -0.1) is 0 Å². The highest BCUT2D eigenvalue weighted by atomic mass is 16.2. The number of rotatable bonds is 8. The van der Waals surface area contributed by atoms with Crippen LogP contribution in [0.2, 0.25) is 0 Å². The summed E-state index contributed by atoms with van der Waals surface area (Å²) >= 11 is 0. The van der Waals surface area contributed by atoms with Crippen LogP contribution < -0.4 is 16.4 Å². The van der Waals surface area contributed by atoms with Crippen molar-refractivity contribution in [3.05, 3.63) is 108 Å². The summed E-state index contributed by atoms with van der Waals surface area (Å²) in [6, 6.07) is 20.0. The van der Waals surface area contributed by atoms with Crippen molar-refractivity contribution in [2.75, 3.05) is 11.1 Å². The molecule has 0 spiro atoms. The molecule has 2 amide bonds. The van der Waals surface area contributed by atoms with E-state index >= 15 is 0 Å². The van der Waals surface area contributed by atoms with E-state index in [0.29, 0.717) is 30.0 Å².